The van der Waals surface area contributed by atoms with Crippen LogP contribution in [0.4, 0.5) is 11.6 Å². The molecule has 2 aromatic heterocycles. The first-order valence-corrected chi connectivity index (χ1v) is 10.2. The molecule has 0 aliphatic carbocycles. The van der Waals surface area contributed by atoms with Crippen molar-refractivity contribution in [3.63, 3.8) is 0 Å². The molecule has 0 radical (unpaired) electrons. The zero-order valence-electron chi connectivity index (χ0n) is 16.9. The molecule has 0 saturated heterocycles. The molecule has 2 aromatic carbocycles. The van der Waals surface area contributed by atoms with Gasteiger partial charge in [0.1, 0.15) is 0 Å². The molecule has 3 N–H and O–H groups in total. The minimum absolute atomic E-state index is 0.215. The number of anilines is 2. The van der Waals surface area contributed by atoms with Crippen LogP contribution in [0, 0.1) is 6.92 Å². The van der Waals surface area contributed by atoms with Gasteiger partial charge in [-0.3, -0.25) is 9.89 Å². The van der Waals surface area contributed by atoms with Crippen molar-refractivity contribution in [1.82, 2.24) is 19.6 Å². The zero-order chi connectivity index (χ0) is 21.1. The number of nitrogens with one attached hydrogen (secondary N) is 3. The van der Waals surface area contributed by atoms with Gasteiger partial charge in [-0.15, -0.1) is 0 Å². The van der Waals surface area contributed by atoms with Crippen LogP contribution in [0.1, 0.15) is 29.3 Å². The van der Waals surface area contributed by atoms with Crippen molar-refractivity contribution in [3.8, 4) is 0 Å². The lowest BCUT2D eigenvalue weighted by Gasteiger charge is -2.09. The van der Waals surface area contributed by atoms with Crippen molar-refractivity contribution >= 4 is 29.0 Å². The quantitative estimate of drug-likeness (QED) is 0.416. The third-order valence-electron chi connectivity index (χ3n) is 4.93. The fourth-order valence-electron chi connectivity index (χ4n) is 3.15. The standard InChI is InChI=1S/C22H23ClN6O/c1-3-15-5-7-16(8-6-15)12-25-21-27-22-26-18(11-20(30)29(22)28-21)13-24-19-10-17(23)9-4-14(19)2/h4-11,24H,3,12-13H2,1-2H3,(H2,25,26,27,28). The van der Waals surface area contributed by atoms with Gasteiger partial charge in [0, 0.05) is 23.3 Å². The van der Waals surface area contributed by atoms with Crippen molar-refractivity contribution in [2.24, 2.45) is 0 Å². The van der Waals surface area contributed by atoms with E-state index in [9.17, 15) is 4.79 Å². The summed E-state index contributed by atoms with van der Waals surface area (Å²) in [6.07, 6.45) is 1.01. The molecule has 0 saturated carbocycles. The van der Waals surface area contributed by atoms with E-state index in [-0.39, 0.29) is 5.56 Å². The van der Waals surface area contributed by atoms with E-state index in [1.54, 1.807) is 0 Å². The van der Waals surface area contributed by atoms with Crippen molar-refractivity contribution in [3.05, 3.63) is 86.3 Å². The highest BCUT2D eigenvalue weighted by molar-refractivity contribution is 6.30. The van der Waals surface area contributed by atoms with Gasteiger partial charge in [-0.25, -0.2) is 4.98 Å². The number of aromatic amines is 1. The Balaban J connectivity index is 1.48. The smallest absolute Gasteiger partial charge is 0.274 e. The van der Waals surface area contributed by atoms with Crippen LogP contribution >= 0.6 is 11.6 Å². The number of hydrogen-bond donors (Lipinski definition) is 3. The van der Waals surface area contributed by atoms with E-state index in [1.807, 2.05) is 25.1 Å². The number of hydrogen-bond acceptors (Lipinski definition) is 5. The average molecular weight is 423 g/mol. The van der Waals surface area contributed by atoms with Crippen LogP contribution in [0.3, 0.4) is 0 Å². The van der Waals surface area contributed by atoms with E-state index in [2.05, 4.69) is 56.9 Å². The normalized spacial score (nSPS) is 11.0. The molecule has 0 amide bonds. The van der Waals surface area contributed by atoms with E-state index in [0.717, 1.165) is 23.2 Å². The Morgan fingerprint density at radius 2 is 1.77 bits per heavy atom. The predicted molar refractivity (Wildman–Crippen MR) is 120 cm³/mol. The van der Waals surface area contributed by atoms with Gasteiger partial charge < -0.3 is 10.6 Å². The predicted octanol–water partition coefficient (Wildman–Crippen LogP) is 4.17. The van der Waals surface area contributed by atoms with E-state index in [1.165, 1.54) is 16.1 Å². The third kappa shape index (κ3) is 4.46. The second kappa shape index (κ2) is 8.59. The van der Waals surface area contributed by atoms with Crippen LogP contribution in [0.2, 0.25) is 5.02 Å². The fraction of sp³-hybridized carbons (Fsp3) is 0.227. The summed E-state index contributed by atoms with van der Waals surface area (Å²) in [4.78, 5) is 21.4. The summed E-state index contributed by atoms with van der Waals surface area (Å²) in [5.41, 5.74) is 4.79. The Hall–Kier alpha value is -3.32. The average Bonchev–Trinajstić information content (AvgIpc) is 3.17. The molecule has 0 bridgehead atoms. The molecule has 4 rings (SSSR count). The maximum absolute atomic E-state index is 12.5. The van der Waals surface area contributed by atoms with Gasteiger partial charge >= 0.3 is 0 Å². The topological polar surface area (TPSA) is 87.1 Å². The third-order valence-corrected chi connectivity index (χ3v) is 5.17. The maximum atomic E-state index is 12.5. The van der Waals surface area contributed by atoms with Crippen molar-refractivity contribution in [2.75, 3.05) is 10.6 Å². The van der Waals surface area contributed by atoms with Crippen LogP contribution in [0.5, 0.6) is 0 Å². The van der Waals surface area contributed by atoms with Crippen molar-refractivity contribution in [1.29, 1.82) is 0 Å². The van der Waals surface area contributed by atoms with Gasteiger partial charge in [-0.2, -0.15) is 9.50 Å². The van der Waals surface area contributed by atoms with E-state index >= 15 is 0 Å². The first kappa shape index (κ1) is 20.0. The molecule has 0 atom stereocenters. The van der Waals surface area contributed by atoms with Gasteiger partial charge in [0.25, 0.3) is 11.3 Å². The number of halogens is 1. The largest absolute Gasteiger partial charge is 0.379 e. The lowest BCUT2D eigenvalue weighted by molar-refractivity contribution is 0.874. The molecule has 0 fully saturated rings. The van der Waals surface area contributed by atoms with Crippen LogP contribution in [0.15, 0.2) is 53.3 Å². The zero-order valence-corrected chi connectivity index (χ0v) is 17.6. The number of aryl methyl sites for hydroxylation is 2. The molecule has 8 heteroatoms. The minimum Gasteiger partial charge on any atom is -0.379 e. The van der Waals surface area contributed by atoms with Crippen molar-refractivity contribution < 1.29 is 0 Å². The second-order valence-electron chi connectivity index (χ2n) is 7.13. The van der Waals surface area contributed by atoms with E-state index in [4.69, 9.17) is 11.6 Å². The van der Waals surface area contributed by atoms with Crippen LogP contribution in [-0.4, -0.2) is 19.6 Å². The minimum atomic E-state index is -0.215. The monoisotopic (exact) mass is 422 g/mol. The number of rotatable bonds is 7. The first-order chi connectivity index (χ1) is 14.5. The molecule has 154 valence electrons. The molecular weight excluding hydrogens is 400 g/mol. The number of nitrogens with zero attached hydrogens (tertiary/aromatic N) is 3. The first-order valence-electron chi connectivity index (χ1n) is 9.82. The summed E-state index contributed by atoms with van der Waals surface area (Å²) in [7, 11) is 0. The summed E-state index contributed by atoms with van der Waals surface area (Å²) < 4.78 is 1.33. The highest BCUT2D eigenvalue weighted by atomic mass is 35.5. The number of fused-ring (bicyclic) bond motifs is 1. The molecule has 0 aliphatic rings. The fourth-order valence-corrected chi connectivity index (χ4v) is 3.32. The molecule has 2 heterocycles. The molecule has 30 heavy (non-hydrogen) atoms. The van der Waals surface area contributed by atoms with Gasteiger partial charge in [-0.05, 0) is 42.2 Å². The Bertz CT molecular complexity index is 1230. The van der Waals surface area contributed by atoms with Gasteiger partial charge in [0.05, 0.1) is 12.2 Å². The summed E-state index contributed by atoms with van der Waals surface area (Å²) in [5.74, 6) is 0.820. The summed E-state index contributed by atoms with van der Waals surface area (Å²) in [6.45, 7) is 5.12. The van der Waals surface area contributed by atoms with Crippen LogP contribution in [-0.2, 0) is 19.5 Å². The maximum Gasteiger partial charge on any atom is 0.274 e. The Kier molecular flexibility index (Phi) is 5.72. The molecule has 4 aromatic rings. The molecule has 0 spiro atoms. The Morgan fingerprint density at radius 1 is 1.00 bits per heavy atom. The molecular formula is C22H23ClN6O. The van der Waals surface area contributed by atoms with Crippen molar-refractivity contribution in [2.45, 2.75) is 33.4 Å². The number of H-pyrrole nitrogens is 1. The second-order valence-corrected chi connectivity index (χ2v) is 7.57. The highest BCUT2D eigenvalue weighted by Crippen LogP contribution is 2.20. The Morgan fingerprint density at radius 3 is 2.53 bits per heavy atom. The summed E-state index contributed by atoms with van der Waals surface area (Å²) in [6, 6.07) is 15.5. The summed E-state index contributed by atoms with van der Waals surface area (Å²) >= 11 is 6.06. The number of benzene rings is 2. The SMILES string of the molecule is CCc1ccc(CNc2nc3nc(CNc4cc(Cl)ccc4C)cc(=O)n3[nH]2)cc1. The van der Waals surface area contributed by atoms with Gasteiger partial charge in [-0.1, -0.05) is 48.9 Å². The van der Waals surface area contributed by atoms with E-state index in [0.29, 0.717) is 35.5 Å². The molecule has 0 unspecified atom stereocenters. The van der Waals surface area contributed by atoms with Gasteiger partial charge in [0.2, 0.25) is 5.95 Å². The van der Waals surface area contributed by atoms with Crippen LogP contribution in [0.25, 0.3) is 5.78 Å². The lowest BCUT2D eigenvalue weighted by Crippen LogP contribution is -2.17. The summed E-state index contributed by atoms with van der Waals surface area (Å²) in [5, 5.41) is 10.1. The van der Waals surface area contributed by atoms with Crippen LogP contribution < -0.4 is 16.2 Å². The lowest BCUT2D eigenvalue weighted by atomic mass is 10.1. The molecule has 0 aliphatic heterocycles. The van der Waals surface area contributed by atoms with E-state index < -0.39 is 0 Å². The highest BCUT2D eigenvalue weighted by Gasteiger charge is 2.09. The Labute approximate surface area is 179 Å². The van der Waals surface area contributed by atoms with Gasteiger partial charge in [0.15, 0.2) is 0 Å². The molecule has 7 nitrogen and oxygen atoms in total. The number of aromatic nitrogens is 4.